The molecular formula is C13H21N3O2S. The first-order chi connectivity index (χ1) is 9.00. The number of nitrogen functional groups attached to an aromatic ring is 1. The zero-order valence-corrected chi connectivity index (χ0v) is 12.0. The average Bonchev–Trinajstić information content (AvgIpc) is 2.85. The monoisotopic (exact) mass is 283 g/mol. The smallest absolute Gasteiger partial charge is 0.240 e. The van der Waals surface area contributed by atoms with E-state index in [1.165, 1.54) is 12.8 Å². The fourth-order valence-electron chi connectivity index (χ4n) is 2.34. The standard InChI is InChI=1S/C13H21N3O2S/c1-11-12(14)5-4-6-13(11)19(17,18)15-7-10-16-8-2-3-9-16/h4-6,15H,2-3,7-10,14H2,1H3. The van der Waals surface area contributed by atoms with Crippen LogP contribution in [0.4, 0.5) is 5.69 Å². The van der Waals surface area contributed by atoms with Crippen molar-refractivity contribution in [3.63, 3.8) is 0 Å². The minimum atomic E-state index is -3.46. The van der Waals surface area contributed by atoms with Gasteiger partial charge in [-0.05, 0) is 50.6 Å². The molecular weight excluding hydrogens is 262 g/mol. The summed E-state index contributed by atoms with van der Waals surface area (Å²) in [7, 11) is -3.46. The summed E-state index contributed by atoms with van der Waals surface area (Å²) in [6, 6.07) is 4.96. The number of nitrogens with two attached hydrogens (primary N) is 1. The largest absolute Gasteiger partial charge is 0.398 e. The lowest BCUT2D eigenvalue weighted by molar-refractivity contribution is 0.344. The van der Waals surface area contributed by atoms with Gasteiger partial charge < -0.3 is 10.6 Å². The predicted octanol–water partition coefficient (Wildman–Crippen LogP) is 0.951. The molecule has 1 heterocycles. The van der Waals surface area contributed by atoms with Gasteiger partial charge in [0, 0.05) is 18.8 Å². The van der Waals surface area contributed by atoms with Crippen molar-refractivity contribution in [3.05, 3.63) is 23.8 Å². The highest BCUT2D eigenvalue weighted by Gasteiger charge is 2.18. The van der Waals surface area contributed by atoms with Crippen molar-refractivity contribution in [2.75, 3.05) is 31.9 Å². The van der Waals surface area contributed by atoms with Crippen LogP contribution in [-0.2, 0) is 10.0 Å². The average molecular weight is 283 g/mol. The second-order valence-corrected chi connectivity index (χ2v) is 6.65. The molecule has 0 atom stereocenters. The zero-order valence-electron chi connectivity index (χ0n) is 11.2. The number of nitrogens with zero attached hydrogens (tertiary/aromatic N) is 1. The predicted molar refractivity (Wildman–Crippen MR) is 76.5 cm³/mol. The molecule has 0 amide bonds. The second-order valence-electron chi connectivity index (χ2n) is 4.92. The summed E-state index contributed by atoms with van der Waals surface area (Å²) >= 11 is 0. The van der Waals surface area contributed by atoms with E-state index in [2.05, 4.69) is 9.62 Å². The van der Waals surface area contributed by atoms with Crippen LogP contribution in [0.1, 0.15) is 18.4 Å². The first kappa shape index (κ1) is 14.3. The van der Waals surface area contributed by atoms with E-state index in [4.69, 9.17) is 5.73 Å². The molecule has 1 aliphatic rings. The number of nitrogens with one attached hydrogen (secondary N) is 1. The third-order valence-electron chi connectivity index (χ3n) is 3.53. The van der Waals surface area contributed by atoms with E-state index in [0.29, 0.717) is 17.8 Å². The summed E-state index contributed by atoms with van der Waals surface area (Å²) in [6.07, 6.45) is 2.42. The fraction of sp³-hybridized carbons (Fsp3) is 0.538. The molecule has 0 aromatic heterocycles. The van der Waals surface area contributed by atoms with Crippen molar-refractivity contribution in [1.82, 2.24) is 9.62 Å². The summed E-state index contributed by atoms with van der Waals surface area (Å²) < 4.78 is 27.0. The number of benzene rings is 1. The number of hydrogen-bond acceptors (Lipinski definition) is 4. The zero-order chi connectivity index (χ0) is 13.9. The van der Waals surface area contributed by atoms with Gasteiger partial charge in [-0.3, -0.25) is 0 Å². The van der Waals surface area contributed by atoms with E-state index in [1.54, 1.807) is 25.1 Å². The van der Waals surface area contributed by atoms with Crippen molar-refractivity contribution in [2.24, 2.45) is 0 Å². The quantitative estimate of drug-likeness (QED) is 0.789. The molecule has 0 unspecified atom stereocenters. The lowest BCUT2D eigenvalue weighted by Crippen LogP contribution is -2.33. The number of anilines is 1. The van der Waals surface area contributed by atoms with Crippen LogP contribution in [0.3, 0.4) is 0 Å². The topological polar surface area (TPSA) is 75.4 Å². The number of sulfonamides is 1. The maximum Gasteiger partial charge on any atom is 0.240 e. The molecule has 1 aromatic rings. The van der Waals surface area contributed by atoms with Crippen molar-refractivity contribution >= 4 is 15.7 Å². The van der Waals surface area contributed by atoms with Crippen molar-refractivity contribution in [1.29, 1.82) is 0 Å². The Kier molecular flexibility index (Phi) is 4.44. The number of likely N-dealkylation sites (tertiary alicyclic amines) is 1. The molecule has 0 spiro atoms. The molecule has 1 aliphatic heterocycles. The van der Waals surface area contributed by atoms with Gasteiger partial charge >= 0.3 is 0 Å². The Hall–Kier alpha value is -1.11. The Labute approximate surface area is 114 Å². The molecule has 6 heteroatoms. The van der Waals surface area contributed by atoms with Crippen LogP contribution in [0.15, 0.2) is 23.1 Å². The highest BCUT2D eigenvalue weighted by atomic mass is 32.2. The first-order valence-corrected chi connectivity index (χ1v) is 8.06. The number of rotatable bonds is 5. The van der Waals surface area contributed by atoms with Crippen LogP contribution in [0.2, 0.25) is 0 Å². The van der Waals surface area contributed by atoms with Crippen molar-refractivity contribution in [3.8, 4) is 0 Å². The summed E-state index contributed by atoms with van der Waals surface area (Å²) in [4.78, 5) is 2.54. The molecule has 2 rings (SSSR count). The van der Waals surface area contributed by atoms with Gasteiger partial charge in [-0.1, -0.05) is 6.07 Å². The maximum absolute atomic E-state index is 12.2. The van der Waals surface area contributed by atoms with Gasteiger partial charge in [0.05, 0.1) is 4.90 Å². The minimum Gasteiger partial charge on any atom is -0.398 e. The summed E-state index contributed by atoms with van der Waals surface area (Å²) in [6.45, 7) is 5.07. The lowest BCUT2D eigenvalue weighted by Gasteiger charge is -2.15. The van der Waals surface area contributed by atoms with Crippen molar-refractivity contribution in [2.45, 2.75) is 24.7 Å². The Morgan fingerprint density at radius 2 is 2.00 bits per heavy atom. The summed E-state index contributed by atoms with van der Waals surface area (Å²) in [5, 5.41) is 0. The van der Waals surface area contributed by atoms with E-state index in [9.17, 15) is 8.42 Å². The van der Waals surface area contributed by atoms with Gasteiger partial charge in [0.2, 0.25) is 10.0 Å². The Morgan fingerprint density at radius 3 is 2.68 bits per heavy atom. The molecule has 0 bridgehead atoms. The van der Waals surface area contributed by atoms with E-state index in [-0.39, 0.29) is 4.90 Å². The highest BCUT2D eigenvalue weighted by molar-refractivity contribution is 7.89. The van der Waals surface area contributed by atoms with Crippen LogP contribution >= 0.6 is 0 Å². The van der Waals surface area contributed by atoms with Crippen LogP contribution < -0.4 is 10.5 Å². The van der Waals surface area contributed by atoms with Gasteiger partial charge in [-0.2, -0.15) is 0 Å². The minimum absolute atomic E-state index is 0.272. The lowest BCUT2D eigenvalue weighted by atomic mass is 10.2. The Morgan fingerprint density at radius 1 is 1.32 bits per heavy atom. The van der Waals surface area contributed by atoms with Crippen LogP contribution in [0.5, 0.6) is 0 Å². The van der Waals surface area contributed by atoms with Crippen LogP contribution in [-0.4, -0.2) is 39.5 Å². The normalized spacial score (nSPS) is 16.9. The van der Waals surface area contributed by atoms with Crippen LogP contribution in [0, 0.1) is 6.92 Å². The SMILES string of the molecule is Cc1c(N)cccc1S(=O)(=O)NCCN1CCCC1. The molecule has 19 heavy (non-hydrogen) atoms. The van der Waals surface area contributed by atoms with Crippen molar-refractivity contribution < 1.29 is 8.42 Å². The van der Waals surface area contributed by atoms with E-state index >= 15 is 0 Å². The number of hydrogen-bond donors (Lipinski definition) is 2. The molecule has 1 fully saturated rings. The van der Waals surface area contributed by atoms with Gasteiger partial charge in [0.25, 0.3) is 0 Å². The summed E-state index contributed by atoms with van der Waals surface area (Å²) in [5.74, 6) is 0. The summed E-state index contributed by atoms with van der Waals surface area (Å²) in [5.41, 5.74) is 6.85. The van der Waals surface area contributed by atoms with E-state index < -0.39 is 10.0 Å². The molecule has 3 N–H and O–H groups in total. The van der Waals surface area contributed by atoms with Gasteiger partial charge in [0.15, 0.2) is 0 Å². The van der Waals surface area contributed by atoms with Crippen LogP contribution in [0.25, 0.3) is 0 Å². The molecule has 5 nitrogen and oxygen atoms in total. The third kappa shape index (κ3) is 3.46. The van der Waals surface area contributed by atoms with Gasteiger partial charge in [0.1, 0.15) is 0 Å². The Balaban J connectivity index is 1.99. The van der Waals surface area contributed by atoms with Gasteiger partial charge in [-0.15, -0.1) is 0 Å². The van der Waals surface area contributed by atoms with E-state index in [0.717, 1.165) is 19.6 Å². The fourth-order valence-corrected chi connectivity index (χ4v) is 3.64. The molecule has 1 saturated heterocycles. The van der Waals surface area contributed by atoms with E-state index in [1.807, 2.05) is 0 Å². The first-order valence-electron chi connectivity index (χ1n) is 6.58. The molecule has 0 radical (unpaired) electrons. The molecule has 0 aliphatic carbocycles. The molecule has 106 valence electrons. The maximum atomic E-state index is 12.2. The Bertz CT molecular complexity index is 537. The highest BCUT2D eigenvalue weighted by Crippen LogP contribution is 2.20. The second kappa shape index (κ2) is 5.90. The molecule has 0 saturated carbocycles. The molecule has 1 aromatic carbocycles. The van der Waals surface area contributed by atoms with Gasteiger partial charge in [-0.25, -0.2) is 13.1 Å². The third-order valence-corrected chi connectivity index (χ3v) is 5.14.